The minimum absolute atomic E-state index is 0.256. The Morgan fingerprint density at radius 1 is 1.12 bits per heavy atom. The first-order valence-corrected chi connectivity index (χ1v) is 8.14. The van der Waals surface area contributed by atoms with Crippen molar-refractivity contribution >= 4 is 11.9 Å². The van der Waals surface area contributed by atoms with Crippen LogP contribution in [0.25, 0.3) is 0 Å². The molecule has 0 saturated heterocycles. The van der Waals surface area contributed by atoms with Gasteiger partial charge in [-0.2, -0.15) is 0 Å². The number of ether oxygens (including phenoxy) is 2. The van der Waals surface area contributed by atoms with Crippen LogP contribution in [0.2, 0.25) is 0 Å². The predicted octanol–water partition coefficient (Wildman–Crippen LogP) is 2.96. The highest BCUT2D eigenvalue weighted by Crippen LogP contribution is 2.28. The third-order valence-corrected chi connectivity index (χ3v) is 4.13. The lowest BCUT2D eigenvalue weighted by molar-refractivity contribution is -0.138. The maximum absolute atomic E-state index is 12.7. The van der Waals surface area contributed by atoms with E-state index < -0.39 is 11.5 Å². The molecule has 26 heavy (non-hydrogen) atoms. The number of carbonyl (C=O) groups is 2. The molecule has 1 amide bonds. The molecule has 0 aliphatic rings. The van der Waals surface area contributed by atoms with E-state index in [1.165, 1.54) is 7.11 Å². The second-order valence-corrected chi connectivity index (χ2v) is 6.22. The van der Waals surface area contributed by atoms with Gasteiger partial charge in [0, 0.05) is 12.7 Å². The van der Waals surface area contributed by atoms with Crippen LogP contribution in [-0.4, -0.2) is 31.2 Å². The van der Waals surface area contributed by atoms with Crippen molar-refractivity contribution < 1.29 is 24.2 Å². The smallest absolute Gasteiger partial charge is 0.306 e. The lowest BCUT2D eigenvalue weighted by Crippen LogP contribution is -2.45. The van der Waals surface area contributed by atoms with Crippen molar-refractivity contribution in [1.29, 1.82) is 0 Å². The van der Waals surface area contributed by atoms with Gasteiger partial charge in [0.25, 0.3) is 5.91 Å². The molecule has 2 aromatic rings. The fourth-order valence-electron chi connectivity index (χ4n) is 2.73. The Morgan fingerprint density at radius 3 is 2.38 bits per heavy atom. The van der Waals surface area contributed by atoms with Gasteiger partial charge in [-0.3, -0.25) is 9.59 Å². The topological polar surface area (TPSA) is 84.9 Å². The zero-order chi connectivity index (χ0) is 19.2. The minimum Gasteiger partial charge on any atom is -0.497 e. The molecule has 1 unspecified atom stereocenters. The van der Waals surface area contributed by atoms with Crippen LogP contribution >= 0.6 is 0 Å². The van der Waals surface area contributed by atoms with Crippen LogP contribution in [0.3, 0.4) is 0 Å². The average Bonchev–Trinajstić information content (AvgIpc) is 2.62. The minimum atomic E-state index is -1.08. The highest BCUT2D eigenvalue weighted by Gasteiger charge is 2.32. The van der Waals surface area contributed by atoms with Gasteiger partial charge < -0.3 is 19.9 Å². The number of carboxylic acid groups (broad SMARTS) is 1. The Kier molecular flexibility index (Phi) is 6.36. The molecule has 0 aromatic heterocycles. The van der Waals surface area contributed by atoms with Gasteiger partial charge in [0.1, 0.15) is 5.75 Å². The SMILES string of the molecule is COCc1ccc(C(=O)NC(C)(CC(=O)O)c2cccc(OC)c2)cc1. The van der Waals surface area contributed by atoms with Crippen LogP contribution < -0.4 is 10.1 Å². The number of carbonyl (C=O) groups excluding carboxylic acids is 1. The number of aliphatic carboxylic acids is 1. The molecule has 6 nitrogen and oxygen atoms in total. The number of methoxy groups -OCH3 is 2. The largest absolute Gasteiger partial charge is 0.497 e. The Hall–Kier alpha value is -2.86. The van der Waals surface area contributed by atoms with Gasteiger partial charge in [0.05, 0.1) is 25.7 Å². The van der Waals surface area contributed by atoms with Crippen LogP contribution in [0.5, 0.6) is 5.75 Å². The van der Waals surface area contributed by atoms with E-state index in [9.17, 15) is 14.7 Å². The summed E-state index contributed by atoms with van der Waals surface area (Å²) in [5.74, 6) is -0.760. The summed E-state index contributed by atoms with van der Waals surface area (Å²) in [4.78, 5) is 24.1. The second-order valence-electron chi connectivity index (χ2n) is 6.22. The van der Waals surface area contributed by atoms with Gasteiger partial charge in [-0.25, -0.2) is 0 Å². The van der Waals surface area contributed by atoms with E-state index in [1.807, 2.05) is 0 Å². The van der Waals surface area contributed by atoms with Crippen molar-refractivity contribution in [3.8, 4) is 5.75 Å². The van der Waals surface area contributed by atoms with Crippen molar-refractivity contribution in [3.63, 3.8) is 0 Å². The molecule has 0 bridgehead atoms. The average molecular weight is 357 g/mol. The molecule has 2 rings (SSSR count). The van der Waals surface area contributed by atoms with Crippen molar-refractivity contribution in [3.05, 3.63) is 65.2 Å². The molecule has 2 aromatic carbocycles. The van der Waals surface area contributed by atoms with Crippen LogP contribution in [0, 0.1) is 0 Å². The second kappa shape index (κ2) is 8.49. The van der Waals surface area contributed by atoms with Gasteiger partial charge in [-0.15, -0.1) is 0 Å². The summed E-state index contributed by atoms with van der Waals surface area (Å²) in [6.07, 6.45) is -0.256. The predicted molar refractivity (Wildman–Crippen MR) is 97.2 cm³/mol. The Bertz CT molecular complexity index is 772. The van der Waals surface area contributed by atoms with Crippen molar-refractivity contribution in [2.75, 3.05) is 14.2 Å². The van der Waals surface area contributed by atoms with E-state index in [1.54, 1.807) is 62.6 Å². The Morgan fingerprint density at radius 2 is 1.81 bits per heavy atom. The molecule has 0 saturated carbocycles. The van der Waals surface area contributed by atoms with Crippen LogP contribution in [0.1, 0.15) is 34.8 Å². The fourth-order valence-corrected chi connectivity index (χ4v) is 2.73. The van der Waals surface area contributed by atoms with E-state index in [0.29, 0.717) is 23.5 Å². The van der Waals surface area contributed by atoms with E-state index in [0.717, 1.165) is 5.56 Å². The quantitative estimate of drug-likeness (QED) is 0.759. The lowest BCUT2D eigenvalue weighted by atomic mass is 9.88. The summed E-state index contributed by atoms with van der Waals surface area (Å²) in [6.45, 7) is 2.15. The number of hydrogen-bond donors (Lipinski definition) is 2. The molecule has 2 N–H and O–H groups in total. The van der Waals surface area contributed by atoms with Crippen molar-refractivity contribution in [1.82, 2.24) is 5.32 Å². The summed E-state index contributed by atoms with van der Waals surface area (Å²) in [5, 5.41) is 12.2. The highest BCUT2D eigenvalue weighted by molar-refractivity contribution is 5.95. The normalized spacial score (nSPS) is 12.9. The number of benzene rings is 2. The number of rotatable bonds is 8. The maximum Gasteiger partial charge on any atom is 0.306 e. The first-order chi connectivity index (χ1) is 12.4. The molecule has 138 valence electrons. The van der Waals surface area contributed by atoms with E-state index in [4.69, 9.17) is 9.47 Å². The van der Waals surface area contributed by atoms with Gasteiger partial charge >= 0.3 is 5.97 Å². The molecule has 0 heterocycles. The van der Waals surface area contributed by atoms with Crippen molar-refractivity contribution in [2.24, 2.45) is 0 Å². The Labute approximate surface area is 152 Å². The van der Waals surface area contributed by atoms with Gasteiger partial charge in [0.2, 0.25) is 0 Å². The first kappa shape index (κ1) is 19.5. The summed E-state index contributed by atoms with van der Waals surface area (Å²) in [5.41, 5.74) is 0.973. The first-order valence-electron chi connectivity index (χ1n) is 8.14. The number of hydrogen-bond acceptors (Lipinski definition) is 4. The van der Waals surface area contributed by atoms with Crippen molar-refractivity contribution in [2.45, 2.75) is 25.5 Å². The van der Waals surface area contributed by atoms with E-state index >= 15 is 0 Å². The summed E-state index contributed by atoms with van der Waals surface area (Å²) in [7, 11) is 3.14. The molecule has 0 spiro atoms. The van der Waals surface area contributed by atoms with Crippen LogP contribution in [0.15, 0.2) is 48.5 Å². The monoisotopic (exact) mass is 357 g/mol. The summed E-state index contributed by atoms with van der Waals surface area (Å²) >= 11 is 0. The third kappa shape index (κ3) is 4.83. The van der Waals surface area contributed by atoms with Crippen LogP contribution in [-0.2, 0) is 21.7 Å². The molecular formula is C20H23NO5. The lowest BCUT2D eigenvalue weighted by Gasteiger charge is -2.30. The highest BCUT2D eigenvalue weighted by atomic mass is 16.5. The van der Waals surface area contributed by atoms with Gasteiger partial charge in [0.15, 0.2) is 0 Å². The third-order valence-electron chi connectivity index (χ3n) is 4.13. The standard InChI is InChI=1S/C20H23NO5/c1-20(12-18(22)23,16-5-4-6-17(11-16)26-3)21-19(24)15-9-7-14(8-10-15)13-25-2/h4-11H,12-13H2,1-3H3,(H,21,24)(H,22,23). The van der Waals surface area contributed by atoms with Crippen LogP contribution in [0.4, 0.5) is 0 Å². The molecule has 6 heteroatoms. The fraction of sp³-hybridized carbons (Fsp3) is 0.300. The van der Waals surface area contributed by atoms with Gasteiger partial charge in [-0.05, 0) is 42.3 Å². The molecule has 0 fully saturated rings. The maximum atomic E-state index is 12.7. The number of carboxylic acids is 1. The van der Waals surface area contributed by atoms with E-state index in [2.05, 4.69) is 5.32 Å². The molecular weight excluding hydrogens is 334 g/mol. The number of nitrogens with one attached hydrogen (secondary N) is 1. The molecule has 1 atom stereocenters. The summed E-state index contributed by atoms with van der Waals surface area (Å²) in [6, 6.07) is 14.0. The van der Waals surface area contributed by atoms with E-state index in [-0.39, 0.29) is 12.3 Å². The van der Waals surface area contributed by atoms with Gasteiger partial charge in [-0.1, -0.05) is 24.3 Å². The summed E-state index contributed by atoms with van der Waals surface area (Å²) < 4.78 is 10.3. The zero-order valence-corrected chi connectivity index (χ0v) is 15.1. The Balaban J connectivity index is 2.28. The number of amides is 1. The zero-order valence-electron chi connectivity index (χ0n) is 15.1. The molecule has 0 aliphatic carbocycles. The molecule has 0 radical (unpaired) electrons. The molecule has 0 aliphatic heterocycles.